The summed E-state index contributed by atoms with van der Waals surface area (Å²) in [6, 6.07) is -1.64. The van der Waals surface area contributed by atoms with Gasteiger partial charge in [-0.2, -0.15) is 0 Å². The molecule has 7 atom stereocenters. The quantitative estimate of drug-likeness (QED) is 0.146. The van der Waals surface area contributed by atoms with E-state index in [9.17, 15) is 24.9 Å². The number of aliphatic carboxylic acids is 2. The third kappa shape index (κ3) is 7.69. The van der Waals surface area contributed by atoms with Crippen LogP contribution in [0.4, 0.5) is 5.82 Å². The summed E-state index contributed by atoms with van der Waals surface area (Å²) in [5.74, 6) is -1.04. The molecule has 1 fully saturated rings. The second-order valence-corrected chi connectivity index (χ2v) is 10.3. The van der Waals surface area contributed by atoms with Crippen LogP contribution in [-0.4, -0.2) is 107 Å². The number of hydrogen-bond donors (Lipinski definition) is 7. The molecule has 2 aromatic rings. The molecule has 0 spiro atoms. The summed E-state index contributed by atoms with van der Waals surface area (Å²) in [6.45, 7) is -0.272. The van der Waals surface area contributed by atoms with Crippen molar-refractivity contribution < 1.29 is 39.9 Å². The largest absolute Gasteiger partial charge is 0.548 e. The van der Waals surface area contributed by atoms with Gasteiger partial charge in [0.15, 0.2) is 17.7 Å². The first kappa shape index (κ1) is 28.6. The van der Waals surface area contributed by atoms with Crippen LogP contribution in [-0.2, 0) is 25.2 Å². The number of hydrogen-bond acceptors (Lipinski definition) is 13. The highest BCUT2D eigenvalue weighted by Gasteiger charge is 2.46. The SMILES string of the molecule is C[S+](CC[C@H](N)C(=O)[O-])C[C@H]1O[C@@H](n2cnc3c(N)ncnc32)[C@H](O)[C@@H]1O.NC(CO)CC(=O)O. The molecule has 196 valence electrons. The van der Waals surface area contributed by atoms with Crippen molar-refractivity contribution >= 4 is 39.8 Å². The highest BCUT2D eigenvalue weighted by atomic mass is 32.2. The lowest BCUT2D eigenvalue weighted by molar-refractivity contribution is -0.307. The summed E-state index contributed by atoms with van der Waals surface area (Å²) < 4.78 is 7.39. The van der Waals surface area contributed by atoms with Crippen LogP contribution in [0.25, 0.3) is 11.2 Å². The molecule has 3 rings (SSSR count). The van der Waals surface area contributed by atoms with Crippen molar-refractivity contribution in [3.63, 3.8) is 0 Å². The number of aliphatic hydroxyl groups is 3. The van der Waals surface area contributed by atoms with Crippen LogP contribution in [0.1, 0.15) is 19.1 Å². The molecular formula is C19H31N7O8S. The van der Waals surface area contributed by atoms with Gasteiger partial charge in [-0.15, -0.1) is 0 Å². The number of aliphatic hydroxyl groups excluding tert-OH is 3. The molecule has 15 nitrogen and oxygen atoms in total. The Morgan fingerprint density at radius 3 is 2.51 bits per heavy atom. The first-order valence-electron chi connectivity index (χ1n) is 10.5. The summed E-state index contributed by atoms with van der Waals surface area (Å²) >= 11 is 0. The molecule has 1 saturated heterocycles. The average Bonchev–Trinajstić information content (AvgIpc) is 3.34. The molecule has 0 aromatic carbocycles. The van der Waals surface area contributed by atoms with Crippen molar-refractivity contribution in [2.75, 3.05) is 30.1 Å². The van der Waals surface area contributed by atoms with Crippen molar-refractivity contribution in [3.05, 3.63) is 12.7 Å². The lowest BCUT2D eigenvalue weighted by Gasteiger charge is -2.16. The molecule has 0 saturated carbocycles. The van der Waals surface area contributed by atoms with Gasteiger partial charge in [-0.25, -0.2) is 15.0 Å². The van der Waals surface area contributed by atoms with Crippen LogP contribution in [0.15, 0.2) is 12.7 Å². The predicted molar refractivity (Wildman–Crippen MR) is 124 cm³/mol. The molecule has 0 radical (unpaired) electrons. The van der Waals surface area contributed by atoms with E-state index in [4.69, 9.17) is 32.2 Å². The second kappa shape index (κ2) is 12.9. The van der Waals surface area contributed by atoms with Gasteiger partial charge in [-0.1, -0.05) is 0 Å². The number of fused-ring (bicyclic) bond motifs is 1. The van der Waals surface area contributed by atoms with Gasteiger partial charge in [0.05, 0.1) is 31.6 Å². The van der Waals surface area contributed by atoms with Gasteiger partial charge < -0.3 is 52.3 Å². The molecule has 3 heterocycles. The Kier molecular flexibility index (Phi) is 10.6. The predicted octanol–water partition coefficient (Wildman–Crippen LogP) is -4.48. The van der Waals surface area contributed by atoms with Crippen molar-refractivity contribution in [3.8, 4) is 0 Å². The van der Waals surface area contributed by atoms with Crippen molar-refractivity contribution in [2.24, 2.45) is 11.5 Å². The van der Waals surface area contributed by atoms with E-state index in [0.717, 1.165) is 0 Å². The highest BCUT2D eigenvalue weighted by Crippen LogP contribution is 2.32. The number of carbonyl (C=O) groups is 2. The third-order valence-electron chi connectivity index (χ3n) is 5.20. The molecule has 0 amide bonds. The molecule has 2 unspecified atom stereocenters. The van der Waals surface area contributed by atoms with E-state index in [-0.39, 0.29) is 36.2 Å². The maximum atomic E-state index is 10.7. The van der Waals surface area contributed by atoms with Gasteiger partial charge in [0.2, 0.25) is 0 Å². The van der Waals surface area contributed by atoms with E-state index in [1.165, 1.54) is 17.2 Å². The average molecular weight is 518 g/mol. The topological polar surface area (TPSA) is 269 Å². The Bertz CT molecular complexity index is 995. The van der Waals surface area contributed by atoms with Gasteiger partial charge in [0.1, 0.15) is 41.7 Å². The van der Waals surface area contributed by atoms with Crippen LogP contribution >= 0.6 is 0 Å². The first-order chi connectivity index (χ1) is 16.5. The molecule has 16 heteroatoms. The number of carboxylic acids is 2. The van der Waals surface area contributed by atoms with Gasteiger partial charge in [0, 0.05) is 18.5 Å². The van der Waals surface area contributed by atoms with E-state index >= 15 is 0 Å². The first-order valence-corrected chi connectivity index (χ1v) is 12.5. The summed E-state index contributed by atoms with van der Waals surface area (Å²) in [5, 5.41) is 47.7. The molecule has 35 heavy (non-hydrogen) atoms. The molecule has 2 aromatic heterocycles. The zero-order chi connectivity index (χ0) is 26.3. The Labute approximate surface area is 203 Å². The Hall–Kier alpha value is -2.60. The van der Waals surface area contributed by atoms with Crippen LogP contribution in [0.5, 0.6) is 0 Å². The van der Waals surface area contributed by atoms with Gasteiger partial charge in [-0.05, 0) is 10.9 Å². The normalized spacial score (nSPS) is 24.4. The van der Waals surface area contributed by atoms with Crippen LogP contribution < -0.4 is 22.3 Å². The van der Waals surface area contributed by atoms with E-state index in [1.54, 1.807) is 0 Å². The minimum atomic E-state index is -1.28. The number of carbonyl (C=O) groups excluding carboxylic acids is 1. The zero-order valence-corrected chi connectivity index (χ0v) is 19.8. The summed E-state index contributed by atoms with van der Waals surface area (Å²) in [5.41, 5.74) is 17.1. The minimum absolute atomic E-state index is 0.170. The molecule has 10 N–H and O–H groups in total. The van der Waals surface area contributed by atoms with Gasteiger partial charge in [-0.3, -0.25) is 9.36 Å². The number of nitrogen functional groups attached to an aromatic ring is 1. The third-order valence-corrected chi connectivity index (χ3v) is 7.03. The van der Waals surface area contributed by atoms with E-state index in [1.807, 2.05) is 6.26 Å². The maximum Gasteiger partial charge on any atom is 0.305 e. The standard InChI is InChI=1S/C15H22N6O5S.C4H9NO3/c1-27(3-2-7(16)15(24)25)4-8-10(22)11(23)14(26-8)21-6-20-9-12(17)18-5-19-13(9)21;5-3(2-6)1-4(7)8/h5-8,10-11,14,22-23H,2-4,16H2,1H3,(H2-,17,18,19,24,25);3,6H,1-2,5H2,(H,7,8)/t7-,8+,10+,11+,14+,27?;/m0./s1. The number of anilines is 1. The maximum absolute atomic E-state index is 10.7. The van der Waals surface area contributed by atoms with Crippen molar-refractivity contribution in [2.45, 2.75) is 49.5 Å². The van der Waals surface area contributed by atoms with Crippen LogP contribution in [0.2, 0.25) is 0 Å². The molecule has 1 aliphatic rings. The second-order valence-electron chi connectivity index (χ2n) is 8.04. The molecular weight excluding hydrogens is 486 g/mol. The fourth-order valence-corrected chi connectivity index (χ4v) is 4.91. The Morgan fingerprint density at radius 1 is 1.26 bits per heavy atom. The Balaban J connectivity index is 0.000000466. The fraction of sp³-hybridized carbons (Fsp3) is 0.632. The van der Waals surface area contributed by atoms with Crippen molar-refractivity contribution in [1.82, 2.24) is 19.5 Å². The van der Waals surface area contributed by atoms with Crippen molar-refractivity contribution in [1.29, 1.82) is 0 Å². The zero-order valence-electron chi connectivity index (χ0n) is 19.0. The molecule has 0 bridgehead atoms. The number of ether oxygens (including phenoxy) is 1. The van der Waals surface area contributed by atoms with Crippen LogP contribution in [0, 0.1) is 0 Å². The van der Waals surface area contributed by atoms with E-state index in [2.05, 4.69) is 15.0 Å². The Morgan fingerprint density at radius 2 is 1.94 bits per heavy atom. The monoisotopic (exact) mass is 517 g/mol. The van der Waals surface area contributed by atoms with Gasteiger partial charge in [0.25, 0.3) is 0 Å². The number of carboxylic acid groups (broad SMARTS) is 2. The number of nitrogens with zero attached hydrogens (tertiary/aromatic N) is 4. The number of rotatable bonds is 10. The number of imidazole rings is 1. The smallest absolute Gasteiger partial charge is 0.305 e. The fourth-order valence-electron chi connectivity index (χ4n) is 3.25. The summed E-state index contributed by atoms with van der Waals surface area (Å²) in [4.78, 5) is 32.6. The van der Waals surface area contributed by atoms with E-state index < -0.39 is 48.6 Å². The minimum Gasteiger partial charge on any atom is -0.548 e. The van der Waals surface area contributed by atoms with E-state index in [0.29, 0.717) is 22.7 Å². The molecule has 0 aliphatic carbocycles. The van der Waals surface area contributed by atoms with Gasteiger partial charge >= 0.3 is 5.97 Å². The molecule has 1 aliphatic heterocycles. The highest BCUT2D eigenvalue weighted by molar-refractivity contribution is 7.96. The lowest BCUT2D eigenvalue weighted by atomic mass is 10.1. The summed E-state index contributed by atoms with van der Waals surface area (Å²) in [7, 11) is -0.263. The lowest BCUT2D eigenvalue weighted by Crippen LogP contribution is -2.43. The number of aromatic nitrogens is 4. The van der Waals surface area contributed by atoms with Crippen LogP contribution in [0.3, 0.4) is 0 Å². The number of nitrogens with two attached hydrogens (primary N) is 3. The summed E-state index contributed by atoms with van der Waals surface area (Å²) in [6.07, 6.45) is 0.995.